The number of rotatable bonds is 4. The molecule has 5 nitrogen and oxygen atoms in total. The number of hydrogen-bond donors (Lipinski definition) is 1. The highest BCUT2D eigenvalue weighted by atomic mass is 16.5. The van der Waals surface area contributed by atoms with Gasteiger partial charge in [0, 0.05) is 13.3 Å². The zero-order valence-electron chi connectivity index (χ0n) is 10.3. The molecule has 0 saturated carbocycles. The summed E-state index contributed by atoms with van der Waals surface area (Å²) in [5.41, 5.74) is 1.30. The highest BCUT2D eigenvalue weighted by Crippen LogP contribution is 2.08. The summed E-state index contributed by atoms with van der Waals surface area (Å²) in [7, 11) is 1.27. The standard InChI is InChI=1S/C13H14N2O3/c1-9(16)15-12(13(17)18-2)7-10-4-3-5-11(6-10)8-14/h3-6,12H,7H2,1-2H3,(H,15,16)/t12-/m1/s1. The molecule has 18 heavy (non-hydrogen) atoms. The minimum absolute atomic E-state index is 0.293. The molecule has 0 unspecified atom stereocenters. The second kappa shape index (κ2) is 6.40. The highest BCUT2D eigenvalue weighted by Gasteiger charge is 2.20. The Morgan fingerprint density at radius 3 is 2.78 bits per heavy atom. The average Bonchev–Trinajstić information content (AvgIpc) is 2.36. The van der Waals surface area contributed by atoms with Crippen LogP contribution in [0, 0.1) is 11.3 Å². The number of amides is 1. The van der Waals surface area contributed by atoms with E-state index in [1.807, 2.05) is 6.07 Å². The number of ether oxygens (including phenoxy) is 1. The van der Waals surface area contributed by atoms with Crippen LogP contribution in [0.3, 0.4) is 0 Å². The van der Waals surface area contributed by atoms with Gasteiger partial charge < -0.3 is 10.1 Å². The van der Waals surface area contributed by atoms with Gasteiger partial charge in [0.2, 0.25) is 5.91 Å². The van der Waals surface area contributed by atoms with Gasteiger partial charge in [-0.1, -0.05) is 12.1 Å². The van der Waals surface area contributed by atoms with Crippen LogP contribution in [0.1, 0.15) is 18.1 Å². The van der Waals surface area contributed by atoms with E-state index in [1.165, 1.54) is 14.0 Å². The Balaban J connectivity index is 2.85. The van der Waals surface area contributed by atoms with Crippen LogP contribution in [0.15, 0.2) is 24.3 Å². The molecule has 0 bridgehead atoms. The average molecular weight is 246 g/mol. The third-order valence-electron chi connectivity index (χ3n) is 2.36. The molecule has 1 amide bonds. The van der Waals surface area contributed by atoms with Crippen LogP contribution >= 0.6 is 0 Å². The number of esters is 1. The van der Waals surface area contributed by atoms with Gasteiger partial charge in [-0.2, -0.15) is 5.26 Å². The fourth-order valence-corrected chi connectivity index (χ4v) is 1.58. The van der Waals surface area contributed by atoms with Crippen LogP contribution in [0.25, 0.3) is 0 Å². The van der Waals surface area contributed by atoms with Crippen LogP contribution in [0.4, 0.5) is 0 Å². The third-order valence-corrected chi connectivity index (χ3v) is 2.36. The number of methoxy groups -OCH3 is 1. The molecule has 1 aromatic carbocycles. The number of benzene rings is 1. The Morgan fingerprint density at radius 2 is 2.22 bits per heavy atom. The minimum atomic E-state index is -0.735. The third kappa shape index (κ3) is 3.91. The number of hydrogen-bond acceptors (Lipinski definition) is 4. The van der Waals surface area contributed by atoms with Crippen LogP contribution < -0.4 is 5.32 Å². The summed E-state index contributed by atoms with van der Waals surface area (Å²) in [5, 5.41) is 11.3. The Morgan fingerprint density at radius 1 is 1.50 bits per heavy atom. The topological polar surface area (TPSA) is 79.2 Å². The first-order chi connectivity index (χ1) is 8.56. The van der Waals surface area contributed by atoms with Crippen molar-refractivity contribution < 1.29 is 14.3 Å². The lowest BCUT2D eigenvalue weighted by Crippen LogP contribution is -2.41. The zero-order valence-corrected chi connectivity index (χ0v) is 10.3. The first-order valence-corrected chi connectivity index (χ1v) is 5.40. The lowest BCUT2D eigenvalue weighted by atomic mass is 10.0. The summed E-state index contributed by atoms with van der Waals surface area (Å²) >= 11 is 0. The molecule has 1 aromatic rings. The molecule has 0 radical (unpaired) electrons. The fourth-order valence-electron chi connectivity index (χ4n) is 1.58. The molecule has 0 aliphatic rings. The van der Waals surface area contributed by atoms with Gasteiger partial charge in [0.1, 0.15) is 6.04 Å². The van der Waals surface area contributed by atoms with Gasteiger partial charge in [0.05, 0.1) is 18.7 Å². The molecule has 0 fully saturated rings. The molecule has 0 heterocycles. The van der Waals surface area contributed by atoms with Crippen molar-refractivity contribution in [3.63, 3.8) is 0 Å². The maximum atomic E-state index is 11.5. The molecule has 0 saturated heterocycles. The maximum Gasteiger partial charge on any atom is 0.328 e. The molecule has 94 valence electrons. The second-order valence-corrected chi connectivity index (χ2v) is 3.79. The van der Waals surface area contributed by atoms with Gasteiger partial charge in [0.15, 0.2) is 0 Å². The van der Waals surface area contributed by atoms with Crippen molar-refractivity contribution in [3.8, 4) is 6.07 Å². The van der Waals surface area contributed by atoms with Gasteiger partial charge in [-0.15, -0.1) is 0 Å². The Labute approximate surface area is 105 Å². The van der Waals surface area contributed by atoms with E-state index in [2.05, 4.69) is 10.1 Å². The molecule has 0 aliphatic carbocycles. The van der Waals surface area contributed by atoms with Crippen molar-refractivity contribution in [2.75, 3.05) is 7.11 Å². The smallest absolute Gasteiger partial charge is 0.328 e. The Hall–Kier alpha value is -2.35. The summed E-state index contributed by atoms with van der Waals surface area (Å²) in [6.07, 6.45) is 0.293. The summed E-state index contributed by atoms with van der Waals surface area (Å²) in [6, 6.07) is 8.16. The number of carbonyl (C=O) groups excluding carboxylic acids is 2. The molecule has 1 atom stereocenters. The van der Waals surface area contributed by atoms with E-state index in [4.69, 9.17) is 5.26 Å². The lowest BCUT2D eigenvalue weighted by molar-refractivity contribution is -0.144. The van der Waals surface area contributed by atoms with Crippen molar-refractivity contribution in [2.45, 2.75) is 19.4 Å². The Bertz CT molecular complexity index is 491. The van der Waals surface area contributed by atoms with E-state index < -0.39 is 12.0 Å². The van der Waals surface area contributed by atoms with Gasteiger partial charge >= 0.3 is 5.97 Å². The van der Waals surface area contributed by atoms with E-state index in [9.17, 15) is 9.59 Å². The SMILES string of the molecule is COC(=O)[C@@H](Cc1cccc(C#N)c1)NC(C)=O. The molecule has 0 spiro atoms. The molecule has 1 N–H and O–H groups in total. The monoisotopic (exact) mass is 246 g/mol. The predicted molar refractivity (Wildman–Crippen MR) is 64.5 cm³/mol. The molecule has 5 heteroatoms. The van der Waals surface area contributed by atoms with Crippen molar-refractivity contribution in [2.24, 2.45) is 0 Å². The number of nitriles is 1. The summed E-state index contributed by atoms with van der Waals surface area (Å²) in [5.74, 6) is -0.811. The van der Waals surface area contributed by atoms with Gasteiger partial charge in [-0.05, 0) is 17.7 Å². The predicted octanol–water partition coefficient (Wildman–Crippen LogP) is 0.778. The minimum Gasteiger partial charge on any atom is -0.467 e. The van der Waals surface area contributed by atoms with Crippen LogP contribution in [0.5, 0.6) is 0 Å². The second-order valence-electron chi connectivity index (χ2n) is 3.79. The molecular weight excluding hydrogens is 232 g/mol. The maximum absolute atomic E-state index is 11.5. The molecule has 1 rings (SSSR count). The molecule has 0 aliphatic heterocycles. The van der Waals surface area contributed by atoms with E-state index in [0.29, 0.717) is 12.0 Å². The van der Waals surface area contributed by atoms with E-state index in [1.54, 1.807) is 24.3 Å². The van der Waals surface area contributed by atoms with Gasteiger partial charge in [-0.25, -0.2) is 4.79 Å². The van der Waals surface area contributed by atoms with Gasteiger partial charge in [0.25, 0.3) is 0 Å². The number of nitrogens with zero attached hydrogens (tertiary/aromatic N) is 1. The van der Waals surface area contributed by atoms with Crippen LogP contribution in [0.2, 0.25) is 0 Å². The highest BCUT2D eigenvalue weighted by molar-refractivity contribution is 5.83. The van der Waals surface area contributed by atoms with Crippen molar-refractivity contribution in [3.05, 3.63) is 35.4 Å². The van der Waals surface area contributed by atoms with E-state index in [-0.39, 0.29) is 5.91 Å². The van der Waals surface area contributed by atoms with E-state index in [0.717, 1.165) is 5.56 Å². The van der Waals surface area contributed by atoms with Crippen molar-refractivity contribution in [1.29, 1.82) is 5.26 Å². The molecular formula is C13H14N2O3. The summed E-state index contributed by atoms with van der Waals surface area (Å²) in [6.45, 7) is 1.33. The quantitative estimate of drug-likeness (QED) is 0.796. The summed E-state index contributed by atoms with van der Waals surface area (Å²) < 4.78 is 4.62. The molecule has 0 aromatic heterocycles. The number of carbonyl (C=O) groups is 2. The number of nitrogens with one attached hydrogen (secondary N) is 1. The largest absolute Gasteiger partial charge is 0.467 e. The Kier molecular flexibility index (Phi) is 4.88. The first kappa shape index (κ1) is 13.7. The summed E-state index contributed by atoms with van der Waals surface area (Å²) in [4.78, 5) is 22.5. The van der Waals surface area contributed by atoms with E-state index >= 15 is 0 Å². The first-order valence-electron chi connectivity index (χ1n) is 5.40. The van der Waals surface area contributed by atoms with Crippen LogP contribution in [-0.2, 0) is 20.7 Å². The normalized spacial score (nSPS) is 11.2. The van der Waals surface area contributed by atoms with Crippen molar-refractivity contribution in [1.82, 2.24) is 5.32 Å². The fraction of sp³-hybridized carbons (Fsp3) is 0.308. The van der Waals surface area contributed by atoms with Crippen LogP contribution in [-0.4, -0.2) is 25.0 Å². The van der Waals surface area contributed by atoms with Gasteiger partial charge in [-0.3, -0.25) is 4.79 Å². The van der Waals surface area contributed by atoms with Crippen molar-refractivity contribution >= 4 is 11.9 Å². The zero-order chi connectivity index (χ0) is 13.5. The lowest BCUT2D eigenvalue weighted by Gasteiger charge is -2.15.